The Kier molecular flexibility index (Phi) is 7.62. The van der Waals surface area contributed by atoms with E-state index in [-0.39, 0.29) is 24.6 Å². The van der Waals surface area contributed by atoms with E-state index < -0.39 is 11.7 Å². The standard InChI is InChI=1S/C32H37N3O4/c1-32(2,3)39-31(38)34-26-14-12-25(13-15-26)33-30(37)29-18-23-9-5-7-11-28(23)35(29)19-24-17-21(20-36)16-22-8-4-6-10-27(22)24/h4-11,16-18,25-26,36H,12-15,19-20H2,1-3H3,(H,33,37)(H,34,38). The predicted molar refractivity (Wildman–Crippen MR) is 154 cm³/mol. The zero-order valence-electron chi connectivity index (χ0n) is 22.9. The van der Waals surface area contributed by atoms with Crippen molar-refractivity contribution in [3.63, 3.8) is 0 Å². The Morgan fingerprint density at radius 3 is 2.23 bits per heavy atom. The van der Waals surface area contributed by atoms with Crippen molar-refractivity contribution in [1.82, 2.24) is 15.2 Å². The number of aliphatic hydroxyl groups is 1. The number of amides is 2. The first kappa shape index (κ1) is 26.8. The fourth-order valence-electron chi connectivity index (χ4n) is 5.54. The molecule has 0 atom stereocenters. The molecule has 0 unspecified atom stereocenters. The molecule has 5 rings (SSSR count). The fraction of sp³-hybridized carbons (Fsp3) is 0.375. The molecule has 0 bridgehead atoms. The van der Waals surface area contributed by atoms with E-state index in [4.69, 9.17) is 4.74 Å². The fourth-order valence-corrected chi connectivity index (χ4v) is 5.54. The molecule has 1 fully saturated rings. The van der Waals surface area contributed by atoms with Crippen molar-refractivity contribution in [2.45, 2.75) is 77.3 Å². The van der Waals surface area contributed by atoms with Crippen LogP contribution in [0.25, 0.3) is 21.7 Å². The normalized spacial score (nSPS) is 17.7. The summed E-state index contributed by atoms with van der Waals surface area (Å²) in [5.74, 6) is -0.0997. The first-order valence-corrected chi connectivity index (χ1v) is 13.7. The monoisotopic (exact) mass is 527 g/mol. The summed E-state index contributed by atoms with van der Waals surface area (Å²) in [5, 5.41) is 19.3. The van der Waals surface area contributed by atoms with Crippen LogP contribution in [0.3, 0.4) is 0 Å². The second-order valence-corrected chi connectivity index (χ2v) is 11.5. The van der Waals surface area contributed by atoms with Gasteiger partial charge in [0.05, 0.1) is 6.61 Å². The summed E-state index contributed by atoms with van der Waals surface area (Å²) in [4.78, 5) is 25.8. The lowest BCUT2D eigenvalue weighted by Crippen LogP contribution is -2.45. The summed E-state index contributed by atoms with van der Waals surface area (Å²) in [6, 6.07) is 22.3. The molecule has 7 heteroatoms. The lowest BCUT2D eigenvalue weighted by atomic mass is 9.91. The Labute approximate surface area is 229 Å². The highest BCUT2D eigenvalue weighted by Gasteiger charge is 2.27. The van der Waals surface area contributed by atoms with Crippen molar-refractivity contribution >= 4 is 33.7 Å². The quantitative estimate of drug-likeness (QED) is 0.291. The van der Waals surface area contributed by atoms with Crippen molar-refractivity contribution < 1.29 is 19.4 Å². The van der Waals surface area contributed by atoms with E-state index in [2.05, 4.69) is 21.3 Å². The Balaban J connectivity index is 1.34. The van der Waals surface area contributed by atoms with Crippen LogP contribution in [0.4, 0.5) is 4.79 Å². The Bertz CT molecular complexity index is 1490. The number of aliphatic hydroxyl groups excluding tert-OH is 1. The van der Waals surface area contributed by atoms with Gasteiger partial charge in [-0.3, -0.25) is 4.79 Å². The van der Waals surface area contributed by atoms with Gasteiger partial charge in [0, 0.05) is 29.5 Å². The van der Waals surface area contributed by atoms with E-state index >= 15 is 0 Å². The van der Waals surface area contributed by atoms with Crippen LogP contribution in [0.5, 0.6) is 0 Å². The van der Waals surface area contributed by atoms with Crippen molar-refractivity contribution in [2.75, 3.05) is 0 Å². The van der Waals surface area contributed by atoms with Crippen LogP contribution < -0.4 is 10.6 Å². The van der Waals surface area contributed by atoms with E-state index in [0.29, 0.717) is 12.2 Å². The SMILES string of the molecule is CC(C)(C)OC(=O)NC1CCC(NC(=O)c2cc3ccccc3n2Cc2cc(CO)cc3ccccc23)CC1. The maximum Gasteiger partial charge on any atom is 0.407 e. The summed E-state index contributed by atoms with van der Waals surface area (Å²) < 4.78 is 7.46. The molecule has 4 aromatic rings. The summed E-state index contributed by atoms with van der Waals surface area (Å²) >= 11 is 0. The van der Waals surface area contributed by atoms with Gasteiger partial charge in [0.1, 0.15) is 11.3 Å². The summed E-state index contributed by atoms with van der Waals surface area (Å²) in [6.45, 7) is 6.03. The van der Waals surface area contributed by atoms with Gasteiger partial charge in [-0.05, 0) is 86.6 Å². The number of aromatic nitrogens is 1. The van der Waals surface area contributed by atoms with Gasteiger partial charge in [0.15, 0.2) is 0 Å². The maximum atomic E-state index is 13.6. The first-order chi connectivity index (χ1) is 18.7. The lowest BCUT2D eigenvalue weighted by Gasteiger charge is -2.30. The Morgan fingerprint density at radius 2 is 1.54 bits per heavy atom. The molecule has 1 saturated carbocycles. The Morgan fingerprint density at radius 1 is 0.897 bits per heavy atom. The topological polar surface area (TPSA) is 92.6 Å². The van der Waals surface area contributed by atoms with Crippen LogP contribution in [-0.2, 0) is 17.9 Å². The molecule has 0 spiro atoms. The van der Waals surface area contributed by atoms with Gasteiger partial charge in [-0.2, -0.15) is 0 Å². The molecule has 1 aliphatic carbocycles. The minimum atomic E-state index is -0.528. The third-order valence-corrected chi connectivity index (χ3v) is 7.34. The van der Waals surface area contributed by atoms with Gasteiger partial charge in [0.2, 0.25) is 0 Å². The van der Waals surface area contributed by atoms with Crippen LogP contribution in [0.1, 0.15) is 68.1 Å². The molecule has 1 heterocycles. The second kappa shape index (κ2) is 11.1. The number of benzene rings is 3. The lowest BCUT2D eigenvalue weighted by molar-refractivity contribution is 0.0488. The summed E-state index contributed by atoms with van der Waals surface area (Å²) in [6.07, 6.45) is 2.75. The molecule has 1 aromatic heterocycles. The number of nitrogens with one attached hydrogen (secondary N) is 2. The highest BCUT2D eigenvalue weighted by atomic mass is 16.6. The van der Waals surface area contributed by atoms with Crippen LogP contribution >= 0.6 is 0 Å². The second-order valence-electron chi connectivity index (χ2n) is 11.5. The van der Waals surface area contributed by atoms with Gasteiger partial charge in [0.25, 0.3) is 5.91 Å². The predicted octanol–water partition coefficient (Wildman–Crippen LogP) is 5.90. The molecule has 204 valence electrons. The molecule has 3 N–H and O–H groups in total. The number of carbonyl (C=O) groups excluding carboxylic acids is 2. The number of hydrogen-bond donors (Lipinski definition) is 3. The smallest absolute Gasteiger partial charge is 0.407 e. The number of alkyl carbamates (subject to hydrolysis) is 1. The zero-order valence-corrected chi connectivity index (χ0v) is 22.9. The molecular formula is C32H37N3O4. The van der Waals surface area contributed by atoms with Crippen LogP contribution in [0.2, 0.25) is 0 Å². The highest BCUT2D eigenvalue weighted by molar-refractivity contribution is 5.99. The highest BCUT2D eigenvalue weighted by Crippen LogP contribution is 2.27. The van der Waals surface area contributed by atoms with Gasteiger partial charge < -0.3 is 25.0 Å². The van der Waals surface area contributed by atoms with E-state index in [9.17, 15) is 14.7 Å². The number of rotatable bonds is 6. The van der Waals surface area contributed by atoms with Gasteiger partial charge in [-0.25, -0.2) is 4.79 Å². The molecule has 0 saturated heterocycles. The van der Waals surface area contributed by atoms with Crippen molar-refractivity contribution in [3.05, 3.63) is 83.6 Å². The zero-order chi connectivity index (χ0) is 27.6. The van der Waals surface area contributed by atoms with E-state index in [1.807, 2.05) is 81.4 Å². The minimum Gasteiger partial charge on any atom is -0.444 e. The molecule has 0 aliphatic heterocycles. The third kappa shape index (κ3) is 6.25. The number of hydrogen-bond acceptors (Lipinski definition) is 4. The summed E-state index contributed by atoms with van der Waals surface area (Å²) in [7, 11) is 0. The molecule has 39 heavy (non-hydrogen) atoms. The van der Waals surface area contributed by atoms with Crippen LogP contribution in [-0.4, -0.2) is 39.4 Å². The first-order valence-electron chi connectivity index (χ1n) is 13.7. The maximum absolute atomic E-state index is 13.6. The average molecular weight is 528 g/mol. The van der Waals surface area contributed by atoms with Gasteiger partial charge >= 0.3 is 6.09 Å². The minimum absolute atomic E-state index is 0.0386. The van der Waals surface area contributed by atoms with Crippen molar-refractivity contribution in [1.29, 1.82) is 0 Å². The van der Waals surface area contributed by atoms with Gasteiger partial charge in [-0.15, -0.1) is 0 Å². The Hall–Kier alpha value is -3.84. The van der Waals surface area contributed by atoms with E-state index in [0.717, 1.165) is 58.5 Å². The molecule has 7 nitrogen and oxygen atoms in total. The number of nitrogens with zero attached hydrogens (tertiary/aromatic N) is 1. The van der Waals surface area contributed by atoms with Crippen molar-refractivity contribution in [3.8, 4) is 0 Å². The molecule has 2 amide bonds. The number of ether oxygens (including phenoxy) is 1. The average Bonchev–Trinajstić information content (AvgIpc) is 3.27. The molecule has 0 radical (unpaired) electrons. The van der Waals surface area contributed by atoms with Crippen LogP contribution in [0.15, 0.2) is 66.7 Å². The summed E-state index contributed by atoms with van der Waals surface area (Å²) in [5.41, 5.74) is 2.98. The van der Waals surface area contributed by atoms with Crippen LogP contribution in [0, 0.1) is 0 Å². The largest absolute Gasteiger partial charge is 0.444 e. The van der Waals surface area contributed by atoms with Crippen molar-refractivity contribution in [2.24, 2.45) is 0 Å². The van der Waals surface area contributed by atoms with Gasteiger partial charge in [-0.1, -0.05) is 48.5 Å². The molecule has 3 aromatic carbocycles. The number of carbonyl (C=O) groups is 2. The number of fused-ring (bicyclic) bond motifs is 2. The van der Waals surface area contributed by atoms with E-state index in [1.54, 1.807) is 0 Å². The third-order valence-electron chi connectivity index (χ3n) is 7.34. The number of para-hydroxylation sites is 1. The molecular weight excluding hydrogens is 490 g/mol. The van der Waals surface area contributed by atoms with E-state index in [1.165, 1.54) is 0 Å². The molecule has 1 aliphatic rings.